The first-order chi connectivity index (χ1) is 14.6. The van der Waals surface area contributed by atoms with Crippen LogP contribution in [0.1, 0.15) is 35.8 Å². The van der Waals surface area contributed by atoms with E-state index in [9.17, 15) is 9.59 Å². The number of aryl methyl sites for hydroxylation is 1. The van der Waals surface area contributed by atoms with Crippen LogP contribution in [0.4, 0.5) is 10.7 Å². The second-order valence-electron chi connectivity index (χ2n) is 7.51. The summed E-state index contributed by atoms with van der Waals surface area (Å²) in [5.74, 6) is 1.50. The number of benzene rings is 1. The molecule has 152 valence electrons. The SMILES string of the molecule is Cc1cccc2[nH]c(C3CCCN(c4nccc(/C=C5\SC(=O)NC5=O)n4)C3)nc12. The van der Waals surface area contributed by atoms with Crippen LogP contribution >= 0.6 is 11.8 Å². The van der Waals surface area contributed by atoms with Crippen LogP contribution < -0.4 is 10.2 Å². The molecule has 30 heavy (non-hydrogen) atoms. The van der Waals surface area contributed by atoms with Gasteiger partial charge in [0, 0.05) is 25.2 Å². The number of aromatic nitrogens is 4. The number of imidazole rings is 1. The second-order valence-corrected chi connectivity index (χ2v) is 8.53. The number of aromatic amines is 1. The highest BCUT2D eigenvalue weighted by Gasteiger charge is 2.27. The van der Waals surface area contributed by atoms with Crippen molar-refractivity contribution in [2.75, 3.05) is 18.0 Å². The van der Waals surface area contributed by atoms with Gasteiger partial charge in [-0.05, 0) is 55.3 Å². The van der Waals surface area contributed by atoms with Crippen LogP contribution in [0.5, 0.6) is 0 Å². The largest absolute Gasteiger partial charge is 0.342 e. The average molecular weight is 420 g/mol. The van der Waals surface area contributed by atoms with Crippen molar-refractivity contribution in [1.29, 1.82) is 0 Å². The molecule has 1 unspecified atom stereocenters. The summed E-state index contributed by atoms with van der Waals surface area (Å²) < 4.78 is 0. The van der Waals surface area contributed by atoms with E-state index in [1.54, 1.807) is 18.3 Å². The third kappa shape index (κ3) is 3.56. The lowest BCUT2D eigenvalue weighted by atomic mass is 9.97. The number of piperidine rings is 1. The molecule has 1 aromatic carbocycles. The second kappa shape index (κ2) is 7.56. The van der Waals surface area contributed by atoms with E-state index in [0.717, 1.165) is 54.6 Å². The van der Waals surface area contributed by atoms with E-state index in [4.69, 9.17) is 4.98 Å². The molecule has 9 heteroatoms. The summed E-state index contributed by atoms with van der Waals surface area (Å²) >= 11 is 0.886. The number of para-hydroxylation sites is 1. The van der Waals surface area contributed by atoms with Crippen molar-refractivity contribution < 1.29 is 9.59 Å². The monoisotopic (exact) mass is 420 g/mol. The first-order valence-electron chi connectivity index (χ1n) is 9.85. The predicted octanol–water partition coefficient (Wildman–Crippen LogP) is 3.37. The smallest absolute Gasteiger partial charge is 0.290 e. The maximum absolute atomic E-state index is 11.8. The van der Waals surface area contributed by atoms with Crippen LogP contribution in [-0.2, 0) is 4.79 Å². The van der Waals surface area contributed by atoms with Gasteiger partial charge in [-0.2, -0.15) is 0 Å². The molecular weight excluding hydrogens is 400 g/mol. The Morgan fingerprint density at radius 2 is 2.13 bits per heavy atom. The molecule has 2 aromatic heterocycles. The van der Waals surface area contributed by atoms with Crippen LogP contribution in [0.2, 0.25) is 0 Å². The maximum atomic E-state index is 11.8. The van der Waals surface area contributed by atoms with Crippen molar-refractivity contribution in [3.63, 3.8) is 0 Å². The highest BCUT2D eigenvalue weighted by atomic mass is 32.2. The number of carbonyl (C=O) groups excluding carboxylic acids is 2. The summed E-state index contributed by atoms with van der Waals surface area (Å²) in [4.78, 5) is 43.0. The Kier molecular flexibility index (Phi) is 4.74. The lowest BCUT2D eigenvalue weighted by Crippen LogP contribution is -2.36. The number of amides is 2. The van der Waals surface area contributed by atoms with Crippen LogP contribution in [0.15, 0.2) is 35.4 Å². The van der Waals surface area contributed by atoms with Crippen molar-refractivity contribution in [3.8, 4) is 0 Å². The Bertz CT molecular complexity index is 1190. The molecule has 2 N–H and O–H groups in total. The molecule has 0 saturated carbocycles. The number of hydrogen-bond donors (Lipinski definition) is 2. The number of anilines is 1. The fraction of sp³-hybridized carbons (Fsp3) is 0.286. The lowest BCUT2D eigenvalue weighted by molar-refractivity contribution is -0.115. The number of fused-ring (bicyclic) bond motifs is 1. The normalized spacial score (nSPS) is 20.9. The highest BCUT2D eigenvalue weighted by molar-refractivity contribution is 8.18. The number of thioether (sulfide) groups is 1. The van der Waals surface area contributed by atoms with Gasteiger partial charge in [-0.25, -0.2) is 15.0 Å². The summed E-state index contributed by atoms with van der Waals surface area (Å²) in [7, 11) is 0. The van der Waals surface area contributed by atoms with Gasteiger partial charge in [0.05, 0.1) is 21.6 Å². The fourth-order valence-corrected chi connectivity index (χ4v) is 4.59. The van der Waals surface area contributed by atoms with E-state index in [-0.39, 0.29) is 17.1 Å². The summed E-state index contributed by atoms with van der Waals surface area (Å²) in [5, 5.41) is 1.90. The van der Waals surface area contributed by atoms with E-state index in [2.05, 4.69) is 44.2 Å². The van der Waals surface area contributed by atoms with E-state index in [1.807, 2.05) is 6.07 Å². The third-order valence-corrected chi connectivity index (χ3v) is 6.22. The summed E-state index contributed by atoms with van der Waals surface area (Å²) in [6.07, 6.45) is 5.38. The van der Waals surface area contributed by atoms with Crippen LogP contribution in [0.3, 0.4) is 0 Å². The molecule has 0 bridgehead atoms. The van der Waals surface area contributed by atoms with Gasteiger partial charge < -0.3 is 9.88 Å². The van der Waals surface area contributed by atoms with Gasteiger partial charge in [0.2, 0.25) is 5.95 Å². The van der Waals surface area contributed by atoms with Gasteiger partial charge >= 0.3 is 0 Å². The number of carbonyl (C=O) groups is 2. The molecule has 2 amide bonds. The van der Waals surface area contributed by atoms with Crippen LogP contribution in [0, 0.1) is 6.92 Å². The van der Waals surface area contributed by atoms with E-state index in [1.165, 1.54) is 5.56 Å². The van der Waals surface area contributed by atoms with E-state index >= 15 is 0 Å². The summed E-state index contributed by atoms with van der Waals surface area (Å²) in [6, 6.07) is 7.90. The molecule has 4 heterocycles. The first-order valence-corrected chi connectivity index (χ1v) is 10.7. The maximum Gasteiger partial charge on any atom is 0.290 e. The third-order valence-electron chi connectivity index (χ3n) is 5.41. The molecular formula is C21H20N6O2S. The van der Waals surface area contributed by atoms with Crippen molar-refractivity contribution in [1.82, 2.24) is 25.3 Å². The lowest BCUT2D eigenvalue weighted by Gasteiger charge is -2.31. The minimum atomic E-state index is -0.386. The van der Waals surface area contributed by atoms with Crippen LogP contribution in [0.25, 0.3) is 17.1 Å². The number of imide groups is 1. The van der Waals surface area contributed by atoms with Crippen molar-refractivity contribution in [2.24, 2.45) is 0 Å². The van der Waals surface area contributed by atoms with Crippen molar-refractivity contribution in [2.45, 2.75) is 25.7 Å². The quantitative estimate of drug-likeness (QED) is 0.626. The topological polar surface area (TPSA) is 104 Å². The Morgan fingerprint density at radius 1 is 1.23 bits per heavy atom. The molecule has 0 spiro atoms. The number of nitrogens with zero attached hydrogens (tertiary/aromatic N) is 4. The van der Waals surface area contributed by atoms with E-state index in [0.29, 0.717) is 16.5 Å². The highest BCUT2D eigenvalue weighted by Crippen LogP contribution is 2.30. The molecule has 2 saturated heterocycles. The molecule has 2 aliphatic heterocycles. The number of rotatable bonds is 3. The summed E-state index contributed by atoms with van der Waals surface area (Å²) in [5.41, 5.74) is 3.86. The van der Waals surface area contributed by atoms with Crippen LogP contribution in [-0.4, -0.2) is 44.2 Å². The summed E-state index contributed by atoms with van der Waals surface area (Å²) in [6.45, 7) is 3.71. The molecule has 5 rings (SSSR count). The van der Waals surface area contributed by atoms with Crippen molar-refractivity contribution >= 4 is 46.0 Å². The molecule has 2 aliphatic rings. The minimum absolute atomic E-state index is 0.268. The van der Waals surface area contributed by atoms with E-state index < -0.39 is 0 Å². The zero-order chi connectivity index (χ0) is 20.7. The van der Waals surface area contributed by atoms with Crippen molar-refractivity contribution in [3.05, 3.63) is 52.4 Å². The fourth-order valence-electron chi connectivity index (χ4n) is 3.92. The number of hydrogen-bond acceptors (Lipinski definition) is 7. The van der Waals surface area contributed by atoms with Gasteiger partial charge in [-0.1, -0.05) is 12.1 Å². The molecule has 3 aromatic rings. The number of H-pyrrole nitrogens is 1. The zero-order valence-corrected chi connectivity index (χ0v) is 17.2. The Labute approximate surface area is 177 Å². The zero-order valence-electron chi connectivity index (χ0n) is 16.4. The number of nitrogens with one attached hydrogen (secondary N) is 2. The predicted molar refractivity (Wildman–Crippen MR) is 116 cm³/mol. The van der Waals surface area contributed by atoms with Gasteiger partial charge in [-0.15, -0.1) is 0 Å². The standard InChI is InChI=1S/C21H20N6O2S/c1-12-4-2-6-15-17(12)25-18(24-15)13-5-3-9-27(11-13)20-22-8-7-14(23-20)10-16-19(28)26-21(29)30-16/h2,4,6-8,10,13H,3,5,9,11H2,1H3,(H,24,25)(H,26,28,29)/b16-10-. The minimum Gasteiger partial charge on any atom is -0.342 e. The molecule has 8 nitrogen and oxygen atoms in total. The Balaban J connectivity index is 1.38. The van der Waals surface area contributed by atoms with Gasteiger partial charge in [0.1, 0.15) is 5.82 Å². The Hall–Kier alpha value is -3.20. The molecule has 1 atom stereocenters. The van der Waals surface area contributed by atoms with Gasteiger partial charge in [0.25, 0.3) is 11.1 Å². The first kappa shape index (κ1) is 18.8. The molecule has 0 aliphatic carbocycles. The van der Waals surface area contributed by atoms with Gasteiger partial charge in [-0.3, -0.25) is 14.9 Å². The molecule has 2 fully saturated rings. The van der Waals surface area contributed by atoms with Gasteiger partial charge in [0.15, 0.2) is 0 Å². The Morgan fingerprint density at radius 3 is 2.93 bits per heavy atom. The average Bonchev–Trinajstić information content (AvgIpc) is 3.32. The molecule has 0 radical (unpaired) electrons.